The molecule has 0 aromatic carbocycles. The summed E-state index contributed by atoms with van der Waals surface area (Å²) in [6, 6.07) is 0. The SMILES string of the molecule is CCCC[N+](C)(C)CCCB1C2CCCC1CCC2.CCCC[N+](C)(C)CCCB1C2CCCC1CCC2.O=C(O)C(F)(F)F.O=C([O-])C(F)(F)F.[Ag].[B].[B][B]B([B])[B].[Cl-]. The summed E-state index contributed by atoms with van der Waals surface area (Å²) in [4.78, 5) is 17.7. The van der Waals surface area contributed by atoms with Gasteiger partial charge in [-0.2, -0.15) is 26.3 Å². The number of carbonyl (C=O) groups is 2. The van der Waals surface area contributed by atoms with Crippen LogP contribution < -0.4 is 17.5 Å². The van der Waals surface area contributed by atoms with Gasteiger partial charge in [-0.25, -0.2) is 4.79 Å². The van der Waals surface area contributed by atoms with Gasteiger partial charge in [0, 0.05) is 67.5 Å². The second-order valence-corrected chi connectivity index (χ2v) is 18.2. The van der Waals surface area contributed by atoms with Crippen LogP contribution in [0.3, 0.4) is 0 Å². The molecule has 0 aromatic rings. The minimum absolute atomic E-state index is 0. The Morgan fingerprint density at radius 1 is 0.667 bits per heavy atom. The van der Waals surface area contributed by atoms with Crippen molar-refractivity contribution in [2.45, 2.75) is 178 Å². The van der Waals surface area contributed by atoms with Gasteiger partial charge in [-0.1, -0.05) is 140 Å². The van der Waals surface area contributed by atoms with Gasteiger partial charge in [0.05, 0.1) is 54.4 Å². The second-order valence-electron chi connectivity index (χ2n) is 18.2. The van der Waals surface area contributed by atoms with E-state index in [0.717, 1.165) is 36.7 Å². The van der Waals surface area contributed by atoms with Crippen LogP contribution in [0.2, 0.25) is 35.9 Å². The summed E-state index contributed by atoms with van der Waals surface area (Å²) in [5.41, 5.74) is 0. The average molecular weight is 964 g/mol. The summed E-state index contributed by atoms with van der Waals surface area (Å²) in [7, 11) is 25.5. The molecule has 4 aliphatic rings. The number of carboxylic acids is 2. The minimum Gasteiger partial charge on any atom is -1.00 e. The Hall–Kier alpha value is -0.0103. The third-order valence-electron chi connectivity index (χ3n) is 12.6. The number of nitrogens with zero attached hydrogens (tertiary/aromatic N) is 2. The van der Waals surface area contributed by atoms with E-state index in [0.29, 0.717) is 0 Å². The molecule has 0 atom stereocenters. The van der Waals surface area contributed by atoms with E-state index in [4.69, 9.17) is 43.0 Å². The number of alkyl halides is 6. The molecular weight excluding hydrogens is 892 g/mol. The van der Waals surface area contributed by atoms with Crippen LogP contribution in [0, 0.1) is 0 Å². The first kappa shape index (κ1) is 66.6. The first-order chi connectivity index (χ1) is 26.4. The van der Waals surface area contributed by atoms with E-state index in [1.807, 2.05) is 0 Å². The summed E-state index contributed by atoms with van der Waals surface area (Å²) >= 11 is 0. The fourth-order valence-corrected chi connectivity index (χ4v) is 9.48. The van der Waals surface area contributed by atoms with Crippen molar-refractivity contribution in [1.82, 2.24) is 0 Å². The van der Waals surface area contributed by atoms with Gasteiger partial charge in [0.25, 0.3) is 0 Å². The van der Waals surface area contributed by atoms with Crippen molar-refractivity contribution in [2.24, 2.45) is 0 Å². The molecule has 4 fully saturated rings. The number of rotatable bonds is 15. The van der Waals surface area contributed by atoms with E-state index in [-0.39, 0.29) is 43.2 Å². The molecular formula is C38H71AgB8ClF6N2O4. The van der Waals surface area contributed by atoms with Crippen molar-refractivity contribution >= 4 is 70.4 Å². The minimum atomic E-state index is -5.19. The number of halogens is 7. The van der Waals surface area contributed by atoms with Crippen LogP contribution in [-0.4, -0.2) is 151 Å². The van der Waals surface area contributed by atoms with Crippen LogP contribution >= 0.6 is 0 Å². The zero-order valence-corrected chi connectivity index (χ0v) is 39.7. The summed E-state index contributed by atoms with van der Waals surface area (Å²) in [5.74, 6) is -1.32. The van der Waals surface area contributed by atoms with Gasteiger partial charge >= 0.3 is 18.3 Å². The topological polar surface area (TPSA) is 77.4 Å². The molecule has 11 radical (unpaired) electrons. The third-order valence-corrected chi connectivity index (χ3v) is 12.6. The summed E-state index contributed by atoms with van der Waals surface area (Å²) < 4.78 is 65.8. The number of hydrogen-bond donors (Lipinski definition) is 1. The van der Waals surface area contributed by atoms with E-state index in [9.17, 15) is 26.3 Å². The number of hydrogen-bond acceptors (Lipinski definition) is 3. The number of carboxylic acid groups (broad SMARTS) is 2. The fourth-order valence-electron chi connectivity index (χ4n) is 9.48. The first-order valence-corrected chi connectivity index (χ1v) is 21.7. The van der Waals surface area contributed by atoms with Gasteiger partial charge in [-0.15, -0.1) is 0 Å². The van der Waals surface area contributed by atoms with E-state index < -0.39 is 30.7 Å². The zero-order valence-electron chi connectivity index (χ0n) is 37.4. The molecule has 0 saturated carbocycles. The van der Waals surface area contributed by atoms with Crippen LogP contribution in [0.25, 0.3) is 0 Å². The molecule has 22 heteroatoms. The number of carbonyl (C=O) groups excluding carboxylic acids is 1. The quantitative estimate of drug-likeness (QED) is 0.151. The molecule has 0 spiro atoms. The molecule has 341 valence electrons. The number of unbranched alkanes of at least 4 members (excludes halogenated alkanes) is 2. The maximum absolute atomic E-state index is 10.6. The van der Waals surface area contributed by atoms with Crippen molar-refractivity contribution in [3.8, 4) is 0 Å². The molecule has 1 N–H and O–H groups in total. The van der Waals surface area contributed by atoms with Gasteiger partial charge in [0.15, 0.2) is 0 Å². The van der Waals surface area contributed by atoms with Crippen LogP contribution in [0.5, 0.6) is 0 Å². The maximum atomic E-state index is 10.6. The summed E-state index contributed by atoms with van der Waals surface area (Å²) in [6.45, 7) is 12.4. The molecule has 4 heterocycles. The first-order valence-electron chi connectivity index (χ1n) is 21.7. The van der Waals surface area contributed by atoms with E-state index in [1.165, 1.54) is 119 Å². The van der Waals surface area contributed by atoms with Gasteiger partial charge < -0.3 is 36.4 Å². The van der Waals surface area contributed by atoms with Gasteiger partial charge in [-0.3, -0.25) is 0 Å². The predicted molar refractivity (Wildman–Crippen MR) is 234 cm³/mol. The van der Waals surface area contributed by atoms with Crippen molar-refractivity contribution in [1.29, 1.82) is 0 Å². The Balaban J connectivity index is -0.000000357. The second kappa shape index (κ2) is 34.4. The molecule has 60 heavy (non-hydrogen) atoms. The number of quaternary nitrogens is 2. The van der Waals surface area contributed by atoms with Crippen molar-refractivity contribution in [3.05, 3.63) is 0 Å². The average Bonchev–Trinajstić information content (AvgIpc) is 3.10. The Morgan fingerprint density at radius 2 is 0.883 bits per heavy atom. The largest absolute Gasteiger partial charge is 1.00 e. The molecule has 0 aliphatic carbocycles. The Morgan fingerprint density at radius 3 is 1.05 bits per heavy atom. The number of fused-ring (bicyclic) bond motifs is 4. The molecule has 0 aromatic heterocycles. The van der Waals surface area contributed by atoms with E-state index >= 15 is 0 Å². The van der Waals surface area contributed by atoms with Gasteiger partial charge in [0.1, 0.15) is 19.4 Å². The Kier molecular flexibility index (Phi) is 38.1. The standard InChI is InChI=1S/2C17H35BN.2C2HF3O2.Ag.B5.B.ClH/c2*1-4-5-14-19(2,3)15-8-13-18-16-9-6-10-17(18)12-7-11-16;2*3-2(4,5)1(6)7;;1-4-5(2)3;;/h2*16-17H,4-15H2,1-3H3;2*(H,6,7);;;;1H/q2*+1;;;;;;/p-2. The molecule has 0 unspecified atom stereocenters. The smallest absolute Gasteiger partial charge is 0.490 e. The molecule has 4 saturated heterocycles. The van der Waals surface area contributed by atoms with Crippen molar-refractivity contribution < 1.29 is 89.9 Å². The van der Waals surface area contributed by atoms with Gasteiger partial charge in [0.2, 0.25) is 0 Å². The van der Waals surface area contributed by atoms with E-state index in [2.05, 4.69) is 42.0 Å². The third kappa shape index (κ3) is 31.0. The number of aliphatic carboxylic acids is 2. The molecule has 4 bridgehead atoms. The normalized spacial score (nSPS) is 20.7. The molecule has 0 amide bonds. The molecule has 4 rings (SSSR count). The zero-order chi connectivity index (χ0) is 43.9. The van der Waals surface area contributed by atoms with Crippen LogP contribution in [-0.2, 0) is 32.0 Å². The summed E-state index contributed by atoms with van der Waals surface area (Å²) in [6.07, 6.45) is 19.3. The fraction of sp³-hybridized carbons (Fsp3) is 0.947. The van der Waals surface area contributed by atoms with E-state index in [1.54, 1.807) is 51.4 Å². The predicted octanol–water partition coefficient (Wildman–Crippen LogP) is 4.36. The van der Waals surface area contributed by atoms with Crippen LogP contribution in [0.15, 0.2) is 0 Å². The van der Waals surface area contributed by atoms with Crippen molar-refractivity contribution in [3.63, 3.8) is 0 Å². The Bertz CT molecular complexity index is 989. The van der Waals surface area contributed by atoms with Crippen LogP contribution in [0.1, 0.15) is 129 Å². The van der Waals surface area contributed by atoms with Crippen molar-refractivity contribution in [2.75, 3.05) is 54.4 Å². The van der Waals surface area contributed by atoms with Crippen LogP contribution in [0.4, 0.5) is 26.3 Å². The molecule has 4 aliphatic heterocycles. The summed E-state index contributed by atoms with van der Waals surface area (Å²) in [5, 5.41) is 15.9. The molecule has 6 nitrogen and oxygen atoms in total. The maximum Gasteiger partial charge on any atom is 0.490 e. The van der Waals surface area contributed by atoms with Gasteiger partial charge in [-0.05, 0) is 25.7 Å². The monoisotopic (exact) mass is 963 g/mol. The Labute approximate surface area is 390 Å².